The largest absolute Gasteiger partial charge is 0.383 e. The predicted molar refractivity (Wildman–Crippen MR) is 79.7 cm³/mol. The van der Waals surface area contributed by atoms with Crippen molar-refractivity contribution in [3.05, 3.63) is 51.5 Å². The van der Waals surface area contributed by atoms with E-state index in [0.717, 1.165) is 0 Å². The van der Waals surface area contributed by atoms with E-state index < -0.39 is 11.9 Å². The van der Waals surface area contributed by atoms with Crippen LogP contribution in [-0.4, -0.2) is 23.5 Å². The molecule has 2 aromatic rings. The zero-order valence-corrected chi connectivity index (χ0v) is 12.8. The van der Waals surface area contributed by atoms with Gasteiger partial charge in [0.1, 0.15) is 5.82 Å². The van der Waals surface area contributed by atoms with Crippen LogP contribution in [0.15, 0.2) is 24.4 Å². The van der Waals surface area contributed by atoms with Crippen molar-refractivity contribution in [3.8, 4) is 0 Å². The number of methoxy groups -OCH3 is 1. The number of hydrogen-bond donors (Lipinski definition) is 2. The molecule has 0 aliphatic rings. The van der Waals surface area contributed by atoms with Gasteiger partial charge in [0.15, 0.2) is 0 Å². The van der Waals surface area contributed by atoms with Crippen LogP contribution >= 0.6 is 23.2 Å². The van der Waals surface area contributed by atoms with Crippen LogP contribution in [0.4, 0.5) is 4.39 Å². The number of nitrogens with zero attached hydrogens (tertiary/aromatic N) is 2. The number of rotatable bonds is 6. The van der Waals surface area contributed by atoms with Crippen LogP contribution in [0.5, 0.6) is 0 Å². The van der Waals surface area contributed by atoms with Gasteiger partial charge in [0.25, 0.3) is 0 Å². The standard InChI is InChI=1S/C13H15Cl2FN4O/c1-21-5-4-20-13(10(15)7-18-20)12(19-17)9-6-8(14)2-3-11(9)16/h2-3,6-7,12,19H,4-5,17H2,1H3. The van der Waals surface area contributed by atoms with Crippen LogP contribution in [0.2, 0.25) is 10.0 Å². The fourth-order valence-corrected chi connectivity index (χ4v) is 2.50. The van der Waals surface area contributed by atoms with Crippen LogP contribution in [-0.2, 0) is 11.3 Å². The van der Waals surface area contributed by atoms with Crippen LogP contribution in [0, 0.1) is 5.82 Å². The van der Waals surface area contributed by atoms with E-state index in [1.807, 2.05) is 0 Å². The molecule has 8 heteroatoms. The summed E-state index contributed by atoms with van der Waals surface area (Å²) in [5.41, 5.74) is 3.41. The third-order valence-corrected chi connectivity index (χ3v) is 3.58. The Hall–Kier alpha value is -1.18. The average molecular weight is 333 g/mol. The summed E-state index contributed by atoms with van der Waals surface area (Å²) >= 11 is 12.1. The lowest BCUT2D eigenvalue weighted by atomic mass is 10.0. The fourth-order valence-electron chi connectivity index (χ4n) is 2.07. The zero-order chi connectivity index (χ0) is 15.4. The summed E-state index contributed by atoms with van der Waals surface area (Å²) in [5.74, 6) is 5.16. The molecule has 5 nitrogen and oxygen atoms in total. The quantitative estimate of drug-likeness (QED) is 0.630. The Balaban J connectivity index is 2.46. The van der Waals surface area contributed by atoms with Crippen molar-refractivity contribution in [3.63, 3.8) is 0 Å². The van der Waals surface area contributed by atoms with Crippen molar-refractivity contribution >= 4 is 23.2 Å². The summed E-state index contributed by atoms with van der Waals surface area (Å²) in [6, 6.07) is 3.59. The van der Waals surface area contributed by atoms with Crippen molar-refractivity contribution in [2.45, 2.75) is 12.6 Å². The molecule has 0 aliphatic carbocycles. The molecule has 0 radical (unpaired) electrons. The first-order valence-corrected chi connectivity index (χ1v) is 6.95. The Kier molecular flexibility index (Phi) is 5.55. The molecule has 1 unspecified atom stereocenters. The number of nitrogens with one attached hydrogen (secondary N) is 1. The lowest BCUT2D eigenvalue weighted by molar-refractivity contribution is 0.182. The molecule has 1 aromatic heterocycles. The van der Waals surface area contributed by atoms with E-state index in [-0.39, 0.29) is 0 Å². The molecule has 0 amide bonds. The molecule has 1 atom stereocenters. The van der Waals surface area contributed by atoms with Gasteiger partial charge in [-0.05, 0) is 18.2 Å². The van der Waals surface area contributed by atoms with Crippen LogP contribution in [0.1, 0.15) is 17.3 Å². The molecule has 21 heavy (non-hydrogen) atoms. The monoisotopic (exact) mass is 332 g/mol. The molecule has 0 spiro atoms. The topological polar surface area (TPSA) is 65.1 Å². The van der Waals surface area contributed by atoms with Gasteiger partial charge in [-0.1, -0.05) is 23.2 Å². The minimum atomic E-state index is -0.671. The molecule has 0 saturated heterocycles. The Bertz CT molecular complexity index is 620. The van der Waals surface area contributed by atoms with E-state index in [2.05, 4.69) is 10.5 Å². The molecular weight excluding hydrogens is 318 g/mol. The van der Waals surface area contributed by atoms with Gasteiger partial charge in [-0.2, -0.15) is 5.10 Å². The molecule has 0 fully saturated rings. The highest BCUT2D eigenvalue weighted by atomic mass is 35.5. The number of ether oxygens (including phenoxy) is 1. The molecule has 0 saturated carbocycles. The van der Waals surface area contributed by atoms with Crippen molar-refractivity contribution in [1.29, 1.82) is 0 Å². The first-order valence-electron chi connectivity index (χ1n) is 6.19. The van der Waals surface area contributed by atoms with Crippen molar-refractivity contribution in [2.75, 3.05) is 13.7 Å². The van der Waals surface area contributed by atoms with Gasteiger partial charge in [-0.15, -0.1) is 0 Å². The summed E-state index contributed by atoms with van der Waals surface area (Å²) in [6.45, 7) is 0.916. The van der Waals surface area contributed by atoms with E-state index in [1.54, 1.807) is 11.8 Å². The van der Waals surface area contributed by atoms with E-state index in [9.17, 15) is 4.39 Å². The SMILES string of the molecule is COCCn1ncc(Cl)c1C(NN)c1cc(Cl)ccc1F. The van der Waals surface area contributed by atoms with Crippen molar-refractivity contribution < 1.29 is 9.13 Å². The summed E-state index contributed by atoms with van der Waals surface area (Å²) in [6.07, 6.45) is 1.49. The van der Waals surface area contributed by atoms with Crippen LogP contribution in [0.25, 0.3) is 0 Å². The maximum atomic E-state index is 14.1. The van der Waals surface area contributed by atoms with Gasteiger partial charge in [-0.3, -0.25) is 10.5 Å². The summed E-state index contributed by atoms with van der Waals surface area (Å²) < 4.78 is 20.7. The van der Waals surface area contributed by atoms with E-state index >= 15 is 0 Å². The minimum absolute atomic E-state index is 0.297. The summed E-state index contributed by atoms with van der Waals surface area (Å²) in [7, 11) is 1.58. The molecule has 114 valence electrons. The predicted octanol–water partition coefficient (Wildman–Crippen LogP) is 2.53. The van der Waals surface area contributed by atoms with Gasteiger partial charge in [0.2, 0.25) is 0 Å². The molecule has 0 aliphatic heterocycles. The minimum Gasteiger partial charge on any atom is -0.383 e. The highest BCUT2D eigenvalue weighted by Gasteiger charge is 2.24. The van der Waals surface area contributed by atoms with E-state index in [0.29, 0.717) is 34.5 Å². The number of aromatic nitrogens is 2. The Morgan fingerprint density at radius 3 is 2.90 bits per heavy atom. The average Bonchev–Trinajstić information content (AvgIpc) is 2.83. The van der Waals surface area contributed by atoms with Gasteiger partial charge >= 0.3 is 0 Å². The van der Waals surface area contributed by atoms with Gasteiger partial charge in [0.05, 0.1) is 36.1 Å². The number of nitrogens with two attached hydrogens (primary N) is 1. The van der Waals surface area contributed by atoms with Crippen molar-refractivity contribution in [2.24, 2.45) is 5.84 Å². The van der Waals surface area contributed by atoms with Gasteiger partial charge in [-0.25, -0.2) is 9.82 Å². The maximum Gasteiger partial charge on any atom is 0.128 e. The van der Waals surface area contributed by atoms with Crippen LogP contribution < -0.4 is 11.3 Å². The van der Waals surface area contributed by atoms with Gasteiger partial charge in [0, 0.05) is 17.7 Å². The number of benzene rings is 1. The second-order valence-electron chi connectivity index (χ2n) is 4.36. The lowest BCUT2D eigenvalue weighted by Crippen LogP contribution is -2.32. The maximum absolute atomic E-state index is 14.1. The molecular formula is C13H15Cl2FN4O. The summed E-state index contributed by atoms with van der Waals surface area (Å²) in [4.78, 5) is 0. The van der Waals surface area contributed by atoms with E-state index in [1.165, 1.54) is 24.4 Å². The smallest absolute Gasteiger partial charge is 0.128 e. The molecule has 1 heterocycles. The van der Waals surface area contributed by atoms with Gasteiger partial charge < -0.3 is 4.74 Å². The van der Waals surface area contributed by atoms with E-state index in [4.69, 9.17) is 33.8 Å². The molecule has 0 bridgehead atoms. The highest BCUT2D eigenvalue weighted by Crippen LogP contribution is 2.30. The normalized spacial score (nSPS) is 12.6. The molecule has 2 rings (SSSR count). The van der Waals surface area contributed by atoms with Crippen molar-refractivity contribution in [1.82, 2.24) is 15.2 Å². The second kappa shape index (κ2) is 7.20. The molecule has 1 aromatic carbocycles. The Labute approximate surface area is 131 Å². The Morgan fingerprint density at radius 1 is 1.48 bits per heavy atom. The number of hydrogen-bond acceptors (Lipinski definition) is 4. The number of halogens is 3. The Morgan fingerprint density at radius 2 is 2.24 bits per heavy atom. The fraction of sp³-hybridized carbons (Fsp3) is 0.308. The molecule has 3 N–H and O–H groups in total. The first kappa shape index (κ1) is 16.2. The third kappa shape index (κ3) is 3.53. The zero-order valence-electron chi connectivity index (χ0n) is 11.3. The highest BCUT2D eigenvalue weighted by molar-refractivity contribution is 6.31. The lowest BCUT2D eigenvalue weighted by Gasteiger charge is -2.19. The second-order valence-corrected chi connectivity index (χ2v) is 5.20. The third-order valence-electron chi connectivity index (χ3n) is 3.05. The number of hydrazine groups is 1. The summed E-state index contributed by atoms with van der Waals surface area (Å²) in [5, 5.41) is 4.94. The first-order chi connectivity index (χ1) is 10.1. The van der Waals surface area contributed by atoms with Crippen LogP contribution in [0.3, 0.4) is 0 Å².